The van der Waals surface area contributed by atoms with Crippen molar-refractivity contribution in [1.82, 2.24) is 10.2 Å². The summed E-state index contributed by atoms with van der Waals surface area (Å²) in [5.74, 6) is 1.14. The molecule has 1 aliphatic carbocycles. The van der Waals surface area contributed by atoms with Crippen molar-refractivity contribution in [2.75, 3.05) is 13.6 Å². The Balaban J connectivity index is 1.72. The van der Waals surface area contributed by atoms with Crippen LogP contribution in [-0.4, -0.2) is 36.5 Å². The van der Waals surface area contributed by atoms with E-state index in [1.165, 1.54) is 44.9 Å². The van der Waals surface area contributed by atoms with Gasteiger partial charge in [-0.3, -0.25) is 4.79 Å². The van der Waals surface area contributed by atoms with Crippen molar-refractivity contribution < 1.29 is 4.79 Å². The van der Waals surface area contributed by atoms with Gasteiger partial charge in [-0.1, -0.05) is 26.2 Å². The number of hydrogen-bond acceptors (Lipinski definition) is 2. The second-order valence-electron chi connectivity index (χ2n) is 6.62. The third kappa shape index (κ3) is 4.48. The monoisotopic (exact) mass is 266 g/mol. The Hall–Kier alpha value is -0.570. The maximum Gasteiger partial charge on any atom is 0.222 e. The number of piperidine rings is 1. The highest BCUT2D eigenvalue weighted by molar-refractivity contribution is 5.76. The van der Waals surface area contributed by atoms with Crippen LogP contribution in [0.5, 0.6) is 0 Å². The lowest BCUT2D eigenvalue weighted by Gasteiger charge is -2.34. The summed E-state index contributed by atoms with van der Waals surface area (Å²) in [6.07, 6.45) is 10.6. The van der Waals surface area contributed by atoms with E-state index in [4.69, 9.17) is 0 Å². The lowest BCUT2D eigenvalue weighted by Crippen LogP contribution is -2.41. The van der Waals surface area contributed by atoms with Gasteiger partial charge in [0.1, 0.15) is 0 Å². The molecule has 3 nitrogen and oxygen atoms in total. The van der Waals surface area contributed by atoms with Gasteiger partial charge >= 0.3 is 0 Å². The zero-order chi connectivity index (χ0) is 13.7. The van der Waals surface area contributed by atoms with Crippen molar-refractivity contribution in [1.29, 1.82) is 0 Å². The SMILES string of the molecule is CC1CCCC(N(C)C(=O)CCC2CCCCN2)C1. The van der Waals surface area contributed by atoms with E-state index in [2.05, 4.69) is 12.2 Å². The first-order valence-corrected chi connectivity index (χ1v) is 8.16. The first-order valence-electron chi connectivity index (χ1n) is 8.16. The van der Waals surface area contributed by atoms with E-state index in [1.54, 1.807) is 0 Å². The van der Waals surface area contributed by atoms with Gasteiger partial charge in [-0.25, -0.2) is 0 Å². The summed E-state index contributed by atoms with van der Waals surface area (Å²) in [5.41, 5.74) is 0. The van der Waals surface area contributed by atoms with Crippen LogP contribution in [-0.2, 0) is 4.79 Å². The van der Waals surface area contributed by atoms with Crippen LogP contribution in [0.15, 0.2) is 0 Å². The average molecular weight is 266 g/mol. The Morgan fingerprint density at radius 2 is 2.05 bits per heavy atom. The zero-order valence-corrected chi connectivity index (χ0v) is 12.7. The van der Waals surface area contributed by atoms with E-state index >= 15 is 0 Å². The van der Waals surface area contributed by atoms with Gasteiger partial charge in [-0.05, 0) is 44.6 Å². The number of carbonyl (C=O) groups excluding carboxylic acids is 1. The minimum atomic E-state index is 0.353. The van der Waals surface area contributed by atoms with Crippen LogP contribution in [0.2, 0.25) is 0 Å². The predicted octanol–water partition coefficient (Wildman–Crippen LogP) is 2.95. The molecule has 1 N–H and O–H groups in total. The Morgan fingerprint density at radius 1 is 1.21 bits per heavy atom. The molecule has 3 heteroatoms. The van der Waals surface area contributed by atoms with Crippen LogP contribution in [0.4, 0.5) is 0 Å². The molecule has 2 fully saturated rings. The number of nitrogens with one attached hydrogen (secondary N) is 1. The number of amides is 1. The maximum absolute atomic E-state index is 12.3. The fourth-order valence-electron chi connectivity index (χ4n) is 3.60. The minimum Gasteiger partial charge on any atom is -0.343 e. The van der Waals surface area contributed by atoms with Crippen LogP contribution in [0, 0.1) is 5.92 Å². The van der Waals surface area contributed by atoms with Crippen molar-refractivity contribution in [3.63, 3.8) is 0 Å². The van der Waals surface area contributed by atoms with Gasteiger partial charge in [0, 0.05) is 25.6 Å². The summed E-state index contributed by atoms with van der Waals surface area (Å²) in [5, 5.41) is 3.53. The van der Waals surface area contributed by atoms with E-state index in [9.17, 15) is 4.79 Å². The van der Waals surface area contributed by atoms with Gasteiger partial charge in [0.2, 0.25) is 5.91 Å². The molecule has 0 radical (unpaired) electrons. The van der Waals surface area contributed by atoms with Crippen LogP contribution < -0.4 is 5.32 Å². The lowest BCUT2D eigenvalue weighted by atomic mass is 9.86. The Kier molecular flexibility index (Phi) is 5.68. The molecule has 0 spiro atoms. The molecule has 0 aromatic heterocycles. The fraction of sp³-hybridized carbons (Fsp3) is 0.938. The molecule has 3 unspecified atom stereocenters. The molecule has 19 heavy (non-hydrogen) atoms. The summed E-state index contributed by atoms with van der Waals surface area (Å²) >= 11 is 0. The predicted molar refractivity (Wildman–Crippen MR) is 79.1 cm³/mol. The topological polar surface area (TPSA) is 32.3 Å². The van der Waals surface area contributed by atoms with Crippen molar-refractivity contribution in [3.8, 4) is 0 Å². The molecule has 0 aromatic rings. The van der Waals surface area contributed by atoms with Gasteiger partial charge in [0.05, 0.1) is 0 Å². The normalized spacial score (nSPS) is 32.0. The molecule has 0 aromatic carbocycles. The maximum atomic E-state index is 12.3. The molecular weight excluding hydrogens is 236 g/mol. The molecule has 1 aliphatic heterocycles. The summed E-state index contributed by atoms with van der Waals surface area (Å²) in [6.45, 7) is 3.45. The van der Waals surface area contributed by atoms with Crippen molar-refractivity contribution in [2.45, 2.75) is 76.8 Å². The number of carbonyl (C=O) groups is 1. The summed E-state index contributed by atoms with van der Waals surface area (Å²) < 4.78 is 0. The third-order valence-corrected chi connectivity index (χ3v) is 4.97. The molecule has 1 heterocycles. The van der Waals surface area contributed by atoms with E-state index in [1.807, 2.05) is 11.9 Å². The fourth-order valence-corrected chi connectivity index (χ4v) is 3.60. The van der Waals surface area contributed by atoms with Gasteiger partial charge in [-0.2, -0.15) is 0 Å². The molecule has 1 amide bonds. The van der Waals surface area contributed by atoms with Crippen LogP contribution in [0.25, 0.3) is 0 Å². The number of nitrogens with zero attached hydrogens (tertiary/aromatic N) is 1. The van der Waals surface area contributed by atoms with Crippen molar-refractivity contribution >= 4 is 5.91 Å². The Bertz CT molecular complexity index is 286. The molecule has 0 bridgehead atoms. The molecular formula is C16H30N2O. The van der Waals surface area contributed by atoms with E-state index < -0.39 is 0 Å². The standard InChI is InChI=1S/C16H30N2O/c1-13-6-5-8-15(12-13)18(2)16(19)10-9-14-7-3-4-11-17-14/h13-15,17H,3-12H2,1-2H3. The van der Waals surface area contributed by atoms with E-state index in [0.29, 0.717) is 18.0 Å². The lowest BCUT2D eigenvalue weighted by molar-refractivity contribution is -0.133. The minimum absolute atomic E-state index is 0.353. The molecule has 2 aliphatic rings. The summed E-state index contributed by atoms with van der Waals surface area (Å²) in [6, 6.07) is 1.08. The highest BCUT2D eigenvalue weighted by Gasteiger charge is 2.25. The highest BCUT2D eigenvalue weighted by atomic mass is 16.2. The zero-order valence-electron chi connectivity index (χ0n) is 12.7. The second-order valence-corrected chi connectivity index (χ2v) is 6.62. The molecule has 110 valence electrons. The van der Waals surface area contributed by atoms with Crippen LogP contribution in [0.3, 0.4) is 0 Å². The third-order valence-electron chi connectivity index (χ3n) is 4.97. The van der Waals surface area contributed by atoms with Crippen LogP contribution >= 0.6 is 0 Å². The molecule has 1 saturated heterocycles. The second kappa shape index (κ2) is 7.28. The van der Waals surface area contributed by atoms with E-state index in [-0.39, 0.29) is 0 Å². The highest BCUT2D eigenvalue weighted by Crippen LogP contribution is 2.27. The smallest absolute Gasteiger partial charge is 0.222 e. The largest absolute Gasteiger partial charge is 0.343 e. The first-order chi connectivity index (χ1) is 9.16. The summed E-state index contributed by atoms with van der Waals surface area (Å²) in [4.78, 5) is 14.3. The Morgan fingerprint density at radius 3 is 2.74 bits per heavy atom. The number of hydrogen-bond donors (Lipinski definition) is 1. The van der Waals surface area contributed by atoms with Gasteiger partial charge in [0.25, 0.3) is 0 Å². The Labute approximate surface area is 118 Å². The summed E-state index contributed by atoms with van der Waals surface area (Å²) in [7, 11) is 2.01. The van der Waals surface area contributed by atoms with E-state index in [0.717, 1.165) is 25.3 Å². The molecule has 2 rings (SSSR count). The van der Waals surface area contributed by atoms with Crippen molar-refractivity contribution in [3.05, 3.63) is 0 Å². The number of rotatable bonds is 4. The first kappa shape index (κ1) is 14.8. The average Bonchev–Trinajstić information content (AvgIpc) is 2.45. The van der Waals surface area contributed by atoms with Gasteiger partial charge in [-0.15, -0.1) is 0 Å². The van der Waals surface area contributed by atoms with Gasteiger partial charge in [0.15, 0.2) is 0 Å². The van der Waals surface area contributed by atoms with Crippen molar-refractivity contribution in [2.24, 2.45) is 5.92 Å². The van der Waals surface area contributed by atoms with Gasteiger partial charge < -0.3 is 10.2 Å². The van der Waals surface area contributed by atoms with Crippen LogP contribution in [0.1, 0.15) is 64.7 Å². The molecule has 1 saturated carbocycles. The molecule has 3 atom stereocenters. The quantitative estimate of drug-likeness (QED) is 0.848.